The summed E-state index contributed by atoms with van der Waals surface area (Å²) in [5, 5.41) is 11.5. The van der Waals surface area contributed by atoms with Crippen molar-refractivity contribution < 1.29 is 14.6 Å². The Balaban J connectivity index is 2.59. The van der Waals surface area contributed by atoms with Gasteiger partial charge in [0.15, 0.2) is 7.05 Å². The minimum Gasteiger partial charge on any atom is -0.539 e. The topological polar surface area (TPSA) is 48.9 Å². The second-order valence-electron chi connectivity index (χ2n) is 3.77. The molecular formula is C12H11ClN2O2. The zero-order valence-electron chi connectivity index (χ0n) is 9.48. The van der Waals surface area contributed by atoms with Crippen molar-refractivity contribution in [3.05, 3.63) is 46.7 Å². The molecule has 0 amide bonds. The van der Waals surface area contributed by atoms with Crippen LogP contribution in [0.2, 0.25) is 5.02 Å². The highest BCUT2D eigenvalue weighted by molar-refractivity contribution is 6.30. The number of nitrogens with zero attached hydrogens (tertiary/aromatic N) is 2. The third-order valence-corrected chi connectivity index (χ3v) is 2.86. The van der Waals surface area contributed by atoms with Crippen molar-refractivity contribution in [1.29, 1.82) is 0 Å². The van der Waals surface area contributed by atoms with Crippen LogP contribution in [-0.4, -0.2) is 10.7 Å². The molecule has 1 aromatic carbocycles. The van der Waals surface area contributed by atoms with Crippen molar-refractivity contribution in [1.82, 2.24) is 4.68 Å². The van der Waals surface area contributed by atoms with Gasteiger partial charge in [0.1, 0.15) is 11.7 Å². The van der Waals surface area contributed by atoms with E-state index < -0.39 is 5.97 Å². The summed E-state index contributed by atoms with van der Waals surface area (Å²) in [4.78, 5) is 10.9. The average Bonchev–Trinajstić information content (AvgIpc) is 2.56. The molecule has 0 aliphatic rings. The fraction of sp³-hybridized carbons (Fsp3) is 0.167. The van der Waals surface area contributed by atoms with Crippen molar-refractivity contribution in [2.45, 2.75) is 6.92 Å². The molecule has 1 aromatic heterocycles. The summed E-state index contributed by atoms with van der Waals surface area (Å²) >= 11 is 5.81. The summed E-state index contributed by atoms with van der Waals surface area (Å²) in [6.45, 7) is 1.83. The van der Waals surface area contributed by atoms with Gasteiger partial charge in [-0.25, -0.2) is 0 Å². The third-order valence-electron chi connectivity index (χ3n) is 2.61. The molecule has 0 fully saturated rings. The van der Waals surface area contributed by atoms with Gasteiger partial charge in [0, 0.05) is 11.1 Å². The molecule has 0 bridgehead atoms. The molecular weight excluding hydrogens is 240 g/mol. The maximum absolute atomic E-state index is 10.9. The first-order valence-corrected chi connectivity index (χ1v) is 5.44. The summed E-state index contributed by atoms with van der Waals surface area (Å²) in [7, 11) is 1.67. The Morgan fingerprint density at radius 3 is 2.41 bits per heavy atom. The molecule has 0 N–H and O–H groups in total. The van der Waals surface area contributed by atoms with Crippen LogP contribution < -0.4 is 9.79 Å². The summed E-state index contributed by atoms with van der Waals surface area (Å²) in [5.74, 6) is -1.19. The number of hydrogen-bond acceptors (Lipinski definition) is 2. The van der Waals surface area contributed by atoms with Crippen molar-refractivity contribution in [3.63, 3.8) is 0 Å². The number of aryl methyl sites for hydroxylation is 1. The lowest BCUT2D eigenvalue weighted by Gasteiger charge is -2.03. The van der Waals surface area contributed by atoms with E-state index in [-0.39, 0.29) is 5.69 Å². The van der Waals surface area contributed by atoms with Crippen LogP contribution in [-0.2, 0) is 7.05 Å². The minimum absolute atomic E-state index is 0.137. The standard InChI is InChI=1S/C12H11ClN2O2/c1-8-7-11(12(16)17)14(2)15(8)10-5-3-9(13)4-6-10/h3-7H,1-2H3. The first-order chi connectivity index (χ1) is 8.00. The van der Waals surface area contributed by atoms with Gasteiger partial charge in [-0.2, -0.15) is 0 Å². The van der Waals surface area contributed by atoms with Gasteiger partial charge >= 0.3 is 0 Å². The lowest BCUT2D eigenvalue weighted by molar-refractivity contribution is -0.748. The van der Waals surface area contributed by atoms with Crippen molar-refractivity contribution in [2.24, 2.45) is 7.05 Å². The smallest absolute Gasteiger partial charge is 0.254 e. The second kappa shape index (κ2) is 4.22. The van der Waals surface area contributed by atoms with Gasteiger partial charge in [-0.15, -0.1) is 9.36 Å². The number of carboxylic acids is 1. The molecule has 5 heteroatoms. The van der Waals surface area contributed by atoms with Crippen LogP contribution in [0, 0.1) is 6.92 Å². The number of halogens is 1. The normalized spacial score (nSPS) is 10.5. The van der Waals surface area contributed by atoms with E-state index in [2.05, 4.69) is 0 Å². The van der Waals surface area contributed by atoms with Gasteiger partial charge in [0.25, 0.3) is 5.69 Å². The first-order valence-electron chi connectivity index (χ1n) is 5.06. The average molecular weight is 251 g/mol. The first kappa shape index (κ1) is 11.7. The van der Waals surface area contributed by atoms with Crippen LogP contribution in [0.25, 0.3) is 5.69 Å². The van der Waals surface area contributed by atoms with Crippen molar-refractivity contribution in [3.8, 4) is 5.69 Å². The molecule has 0 spiro atoms. The minimum atomic E-state index is -1.19. The van der Waals surface area contributed by atoms with Gasteiger partial charge in [-0.05, 0) is 31.2 Å². The third kappa shape index (κ3) is 2.03. The van der Waals surface area contributed by atoms with E-state index in [1.54, 1.807) is 29.9 Å². The predicted molar refractivity (Wildman–Crippen MR) is 61.0 cm³/mol. The summed E-state index contributed by atoms with van der Waals surface area (Å²) < 4.78 is 3.31. The van der Waals surface area contributed by atoms with E-state index in [9.17, 15) is 9.90 Å². The van der Waals surface area contributed by atoms with Crippen LogP contribution in [0.5, 0.6) is 0 Å². The number of aromatic carboxylic acids is 1. The number of carbonyl (C=O) groups excluding carboxylic acids is 1. The summed E-state index contributed by atoms with van der Waals surface area (Å²) in [6, 6.07) is 8.75. The highest BCUT2D eigenvalue weighted by atomic mass is 35.5. The number of benzene rings is 1. The van der Waals surface area contributed by atoms with E-state index in [0.29, 0.717) is 5.02 Å². The lowest BCUT2D eigenvalue weighted by atomic mass is 10.3. The van der Waals surface area contributed by atoms with Crippen LogP contribution in [0.3, 0.4) is 0 Å². The Hall–Kier alpha value is -1.81. The maximum atomic E-state index is 10.9. The van der Waals surface area contributed by atoms with Crippen molar-refractivity contribution in [2.75, 3.05) is 0 Å². The zero-order chi connectivity index (χ0) is 12.6. The largest absolute Gasteiger partial charge is 0.539 e. The van der Waals surface area contributed by atoms with Crippen LogP contribution in [0.15, 0.2) is 30.3 Å². The molecule has 0 saturated carbocycles. The number of carboxylic acid groups (broad SMARTS) is 1. The predicted octanol–water partition coefficient (Wildman–Crippen LogP) is 0.627. The zero-order valence-corrected chi connectivity index (χ0v) is 10.2. The molecule has 88 valence electrons. The van der Waals surface area contributed by atoms with Gasteiger partial charge in [0.05, 0.1) is 5.69 Å². The Labute approximate surface area is 104 Å². The quantitative estimate of drug-likeness (QED) is 0.734. The monoisotopic (exact) mass is 250 g/mol. The molecule has 0 aliphatic carbocycles. The number of aromatic nitrogens is 2. The van der Waals surface area contributed by atoms with E-state index in [1.807, 2.05) is 19.1 Å². The molecule has 0 saturated heterocycles. The van der Waals surface area contributed by atoms with E-state index in [1.165, 1.54) is 4.68 Å². The molecule has 0 aliphatic heterocycles. The van der Waals surface area contributed by atoms with Crippen LogP contribution >= 0.6 is 11.6 Å². The Morgan fingerprint density at radius 1 is 1.35 bits per heavy atom. The molecule has 0 atom stereocenters. The fourth-order valence-electron chi connectivity index (χ4n) is 1.85. The second-order valence-corrected chi connectivity index (χ2v) is 4.21. The number of rotatable bonds is 2. The Kier molecular flexibility index (Phi) is 2.90. The van der Waals surface area contributed by atoms with E-state index in [4.69, 9.17) is 11.6 Å². The van der Waals surface area contributed by atoms with E-state index in [0.717, 1.165) is 11.4 Å². The lowest BCUT2D eigenvalue weighted by Crippen LogP contribution is -2.46. The molecule has 2 aromatic rings. The van der Waals surface area contributed by atoms with Gasteiger partial charge < -0.3 is 9.90 Å². The molecule has 17 heavy (non-hydrogen) atoms. The Morgan fingerprint density at radius 2 is 1.94 bits per heavy atom. The SMILES string of the molecule is Cc1cc(C(=O)[O-])[n+](C)n1-c1ccc(Cl)cc1. The summed E-state index contributed by atoms with van der Waals surface area (Å²) in [6.07, 6.45) is 0. The highest BCUT2D eigenvalue weighted by Gasteiger charge is 2.18. The molecule has 0 unspecified atom stereocenters. The van der Waals surface area contributed by atoms with Crippen molar-refractivity contribution >= 4 is 17.6 Å². The highest BCUT2D eigenvalue weighted by Crippen LogP contribution is 2.14. The molecule has 0 radical (unpaired) electrons. The number of hydrogen-bond donors (Lipinski definition) is 0. The fourth-order valence-corrected chi connectivity index (χ4v) is 1.97. The molecule has 2 rings (SSSR count). The summed E-state index contributed by atoms with van der Waals surface area (Å²) in [5.41, 5.74) is 1.80. The van der Waals surface area contributed by atoms with Gasteiger partial charge in [-0.1, -0.05) is 11.6 Å². The van der Waals surface area contributed by atoms with Gasteiger partial charge in [0.2, 0.25) is 0 Å². The maximum Gasteiger partial charge on any atom is 0.254 e. The number of carbonyl (C=O) groups is 1. The van der Waals surface area contributed by atoms with Gasteiger partial charge in [-0.3, -0.25) is 0 Å². The Bertz CT molecular complexity index is 573. The van der Waals surface area contributed by atoms with Crippen LogP contribution in [0.4, 0.5) is 0 Å². The molecule has 4 nitrogen and oxygen atoms in total. The van der Waals surface area contributed by atoms with E-state index >= 15 is 0 Å². The molecule has 1 heterocycles. The van der Waals surface area contributed by atoms with Crippen LogP contribution in [0.1, 0.15) is 16.2 Å².